The SMILES string of the molecule is Cc1ccc(S(=O)(=O)N2CCC[C@@H](C(=O)NCc3ccc(N4CCC[C@@H](C)C4)cc3)C2)cc1. The molecule has 0 bridgehead atoms. The minimum atomic E-state index is -3.58. The number of anilines is 1. The largest absolute Gasteiger partial charge is 0.371 e. The van der Waals surface area contributed by atoms with Gasteiger partial charge in [0.2, 0.25) is 15.9 Å². The first-order valence-electron chi connectivity index (χ1n) is 12.0. The average Bonchev–Trinajstić information content (AvgIpc) is 2.83. The standard InChI is InChI=1S/C26H35N3O3S/c1-20-7-13-25(14-8-20)33(31,32)29-16-4-6-23(19-29)26(30)27-17-22-9-11-24(12-10-22)28-15-3-5-21(2)18-28/h7-14,21,23H,3-6,15-19H2,1-2H3,(H,27,30)/t21-,23-/m1/s1. The van der Waals surface area contributed by atoms with Gasteiger partial charge in [0.1, 0.15) is 0 Å². The maximum absolute atomic E-state index is 13.0. The highest BCUT2D eigenvalue weighted by Gasteiger charge is 2.33. The quantitative estimate of drug-likeness (QED) is 0.696. The first-order chi connectivity index (χ1) is 15.8. The molecule has 0 aromatic heterocycles. The van der Waals surface area contributed by atoms with Crippen molar-refractivity contribution >= 4 is 21.6 Å². The number of piperidine rings is 2. The molecule has 2 fully saturated rings. The maximum atomic E-state index is 13.0. The van der Waals surface area contributed by atoms with Crippen LogP contribution in [0, 0.1) is 18.8 Å². The van der Waals surface area contributed by atoms with Crippen LogP contribution in [0.3, 0.4) is 0 Å². The topological polar surface area (TPSA) is 69.7 Å². The highest BCUT2D eigenvalue weighted by Crippen LogP contribution is 2.25. The summed E-state index contributed by atoms with van der Waals surface area (Å²) in [6.07, 6.45) is 3.92. The molecule has 33 heavy (non-hydrogen) atoms. The average molecular weight is 470 g/mol. The number of hydrogen-bond donors (Lipinski definition) is 1. The van der Waals surface area contributed by atoms with Crippen molar-refractivity contribution in [2.45, 2.75) is 51.0 Å². The van der Waals surface area contributed by atoms with Crippen LogP contribution in [0.1, 0.15) is 43.7 Å². The highest BCUT2D eigenvalue weighted by molar-refractivity contribution is 7.89. The van der Waals surface area contributed by atoms with Gasteiger partial charge < -0.3 is 10.2 Å². The van der Waals surface area contributed by atoms with Gasteiger partial charge in [-0.05, 0) is 68.4 Å². The summed E-state index contributed by atoms with van der Waals surface area (Å²) in [4.78, 5) is 15.6. The van der Waals surface area contributed by atoms with Crippen LogP contribution in [-0.2, 0) is 21.4 Å². The predicted molar refractivity (Wildman–Crippen MR) is 132 cm³/mol. The van der Waals surface area contributed by atoms with Crippen LogP contribution in [0.2, 0.25) is 0 Å². The van der Waals surface area contributed by atoms with Gasteiger partial charge in [0.15, 0.2) is 0 Å². The molecule has 1 N–H and O–H groups in total. The van der Waals surface area contributed by atoms with Gasteiger partial charge in [0, 0.05) is 38.4 Å². The van der Waals surface area contributed by atoms with Gasteiger partial charge in [-0.3, -0.25) is 4.79 Å². The van der Waals surface area contributed by atoms with E-state index in [1.165, 1.54) is 22.8 Å². The number of nitrogens with one attached hydrogen (secondary N) is 1. The van der Waals surface area contributed by atoms with Crippen LogP contribution in [-0.4, -0.2) is 44.8 Å². The summed E-state index contributed by atoms with van der Waals surface area (Å²) in [6.45, 7) is 7.57. The number of carbonyl (C=O) groups is 1. The fourth-order valence-electron chi connectivity index (χ4n) is 4.82. The van der Waals surface area contributed by atoms with E-state index in [2.05, 4.69) is 41.4 Å². The van der Waals surface area contributed by atoms with E-state index in [4.69, 9.17) is 0 Å². The third kappa shape index (κ3) is 5.76. The Balaban J connectivity index is 1.32. The molecule has 1 amide bonds. The molecule has 2 aromatic carbocycles. The number of sulfonamides is 1. The molecule has 2 atom stereocenters. The second-order valence-corrected chi connectivity index (χ2v) is 11.5. The third-order valence-electron chi connectivity index (χ3n) is 6.84. The lowest BCUT2D eigenvalue weighted by molar-refractivity contribution is -0.126. The molecule has 7 heteroatoms. The number of amides is 1. The van der Waals surface area contributed by atoms with Gasteiger partial charge in [0.05, 0.1) is 10.8 Å². The number of benzene rings is 2. The zero-order chi connectivity index (χ0) is 23.4. The first kappa shape index (κ1) is 23.8. The fraction of sp³-hybridized carbons (Fsp3) is 0.500. The Morgan fingerprint density at radius 1 is 0.970 bits per heavy atom. The Morgan fingerprint density at radius 3 is 2.36 bits per heavy atom. The number of hydrogen-bond acceptors (Lipinski definition) is 4. The lowest BCUT2D eigenvalue weighted by Gasteiger charge is -2.33. The van der Waals surface area contributed by atoms with E-state index >= 15 is 0 Å². The highest BCUT2D eigenvalue weighted by atomic mass is 32.2. The van der Waals surface area contributed by atoms with E-state index in [1.54, 1.807) is 24.3 Å². The normalized spacial score (nSPS) is 22.2. The molecular formula is C26H35N3O3S. The van der Waals surface area contributed by atoms with Crippen LogP contribution < -0.4 is 10.2 Å². The van der Waals surface area contributed by atoms with Gasteiger partial charge in [0.25, 0.3) is 0 Å². The first-order valence-corrected chi connectivity index (χ1v) is 13.5. The fourth-order valence-corrected chi connectivity index (χ4v) is 6.34. The maximum Gasteiger partial charge on any atom is 0.243 e. The van der Waals surface area contributed by atoms with Crippen molar-refractivity contribution in [2.24, 2.45) is 11.8 Å². The molecule has 0 radical (unpaired) electrons. The minimum Gasteiger partial charge on any atom is -0.371 e. The summed E-state index contributed by atoms with van der Waals surface area (Å²) in [5.41, 5.74) is 3.31. The number of nitrogens with zero attached hydrogens (tertiary/aromatic N) is 2. The van der Waals surface area contributed by atoms with Gasteiger partial charge in [-0.25, -0.2) is 8.42 Å². The Morgan fingerprint density at radius 2 is 1.67 bits per heavy atom. The predicted octanol–water partition coefficient (Wildman–Crippen LogP) is 3.95. The van der Waals surface area contributed by atoms with Crippen LogP contribution in [0.4, 0.5) is 5.69 Å². The molecule has 0 aliphatic carbocycles. The van der Waals surface area contributed by atoms with Crippen molar-refractivity contribution in [1.29, 1.82) is 0 Å². The summed E-state index contributed by atoms with van der Waals surface area (Å²) in [6, 6.07) is 15.3. The number of carbonyl (C=O) groups excluding carboxylic acids is 1. The molecule has 2 aromatic rings. The van der Waals surface area contributed by atoms with Crippen molar-refractivity contribution < 1.29 is 13.2 Å². The molecule has 4 rings (SSSR count). The summed E-state index contributed by atoms with van der Waals surface area (Å²) in [5, 5.41) is 3.02. The lowest BCUT2D eigenvalue weighted by Crippen LogP contribution is -2.45. The molecule has 6 nitrogen and oxygen atoms in total. The van der Waals surface area contributed by atoms with E-state index < -0.39 is 10.0 Å². The molecule has 0 spiro atoms. The zero-order valence-corrected chi connectivity index (χ0v) is 20.5. The number of aryl methyl sites for hydroxylation is 1. The van der Waals surface area contributed by atoms with Crippen LogP contribution >= 0.6 is 0 Å². The van der Waals surface area contributed by atoms with Crippen LogP contribution in [0.15, 0.2) is 53.4 Å². The van der Waals surface area contributed by atoms with E-state index in [-0.39, 0.29) is 23.3 Å². The molecule has 0 saturated carbocycles. The Bertz CT molecular complexity index is 1050. The molecule has 2 saturated heterocycles. The van der Waals surface area contributed by atoms with Gasteiger partial charge in [-0.2, -0.15) is 4.31 Å². The summed E-state index contributed by atoms with van der Waals surface area (Å²) < 4.78 is 27.5. The van der Waals surface area contributed by atoms with E-state index in [9.17, 15) is 13.2 Å². The van der Waals surface area contributed by atoms with E-state index in [0.717, 1.165) is 30.1 Å². The number of rotatable bonds is 6. The lowest BCUT2D eigenvalue weighted by atomic mass is 9.98. The van der Waals surface area contributed by atoms with E-state index in [1.807, 2.05) is 6.92 Å². The van der Waals surface area contributed by atoms with Crippen molar-refractivity contribution in [3.05, 3.63) is 59.7 Å². The van der Waals surface area contributed by atoms with E-state index in [0.29, 0.717) is 25.9 Å². The molecule has 2 heterocycles. The second-order valence-electron chi connectivity index (χ2n) is 9.59. The smallest absolute Gasteiger partial charge is 0.243 e. The van der Waals surface area contributed by atoms with Crippen molar-refractivity contribution in [3.8, 4) is 0 Å². The van der Waals surface area contributed by atoms with Gasteiger partial charge in [-0.1, -0.05) is 36.8 Å². The van der Waals surface area contributed by atoms with Gasteiger partial charge >= 0.3 is 0 Å². The van der Waals surface area contributed by atoms with Crippen LogP contribution in [0.25, 0.3) is 0 Å². The van der Waals surface area contributed by atoms with Gasteiger partial charge in [-0.15, -0.1) is 0 Å². The molecule has 0 unspecified atom stereocenters. The summed E-state index contributed by atoms with van der Waals surface area (Å²) in [5.74, 6) is 0.323. The third-order valence-corrected chi connectivity index (χ3v) is 8.72. The minimum absolute atomic E-state index is 0.0762. The molecule has 178 valence electrons. The van der Waals surface area contributed by atoms with Crippen molar-refractivity contribution in [1.82, 2.24) is 9.62 Å². The second kappa shape index (κ2) is 10.3. The Hall–Kier alpha value is -2.38. The Kier molecular flexibility index (Phi) is 7.39. The zero-order valence-electron chi connectivity index (χ0n) is 19.7. The van der Waals surface area contributed by atoms with Crippen molar-refractivity contribution in [3.63, 3.8) is 0 Å². The summed E-state index contributed by atoms with van der Waals surface area (Å²) >= 11 is 0. The monoisotopic (exact) mass is 469 g/mol. The molecule has 2 aliphatic rings. The van der Waals surface area contributed by atoms with Crippen LogP contribution in [0.5, 0.6) is 0 Å². The molecular weight excluding hydrogens is 434 g/mol. The summed E-state index contributed by atoms with van der Waals surface area (Å²) in [7, 11) is -3.58. The molecule has 2 aliphatic heterocycles. The Labute approximate surface area is 198 Å². The van der Waals surface area contributed by atoms with Crippen molar-refractivity contribution in [2.75, 3.05) is 31.1 Å².